The number of rotatable bonds is 7. The van der Waals surface area contributed by atoms with Gasteiger partial charge in [-0.25, -0.2) is 0 Å². The van der Waals surface area contributed by atoms with E-state index in [0.29, 0.717) is 12.2 Å². The van der Waals surface area contributed by atoms with E-state index in [1.54, 1.807) is 0 Å². The Balaban J connectivity index is 1.32. The molecule has 31 heavy (non-hydrogen) atoms. The Morgan fingerprint density at radius 2 is 1.71 bits per heavy atom. The van der Waals surface area contributed by atoms with Crippen molar-refractivity contribution in [2.75, 3.05) is 31.6 Å². The van der Waals surface area contributed by atoms with Crippen LogP contribution in [0.2, 0.25) is 0 Å². The molecule has 1 aliphatic heterocycles. The lowest BCUT2D eigenvalue weighted by atomic mass is 10.1. The van der Waals surface area contributed by atoms with Gasteiger partial charge in [0.05, 0.1) is 13.2 Å². The number of anilines is 1. The highest BCUT2D eigenvalue weighted by molar-refractivity contribution is 9.10. The molecule has 3 aromatic carbocycles. The van der Waals surface area contributed by atoms with E-state index >= 15 is 0 Å². The summed E-state index contributed by atoms with van der Waals surface area (Å²) in [5, 5.41) is 3.00. The molecule has 0 aliphatic carbocycles. The molecular weight excluding hydrogens is 456 g/mol. The molecule has 0 bridgehead atoms. The fourth-order valence-electron chi connectivity index (χ4n) is 3.42. The van der Waals surface area contributed by atoms with Crippen molar-refractivity contribution in [1.29, 1.82) is 0 Å². The summed E-state index contributed by atoms with van der Waals surface area (Å²) in [4.78, 5) is 15.0. The lowest BCUT2D eigenvalue weighted by molar-refractivity contribution is 0.0342. The number of hydrogen-bond acceptors (Lipinski definition) is 4. The first-order valence-electron chi connectivity index (χ1n) is 10.3. The van der Waals surface area contributed by atoms with Crippen LogP contribution in [0.15, 0.2) is 77.3 Å². The van der Waals surface area contributed by atoms with Crippen LogP contribution in [0, 0.1) is 0 Å². The monoisotopic (exact) mass is 480 g/mol. The zero-order chi connectivity index (χ0) is 21.5. The molecule has 6 heteroatoms. The summed E-state index contributed by atoms with van der Waals surface area (Å²) in [5.74, 6) is 0.686. The quantitative estimate of drug-likeness (QED) is 0.510. The molecular formula is C25H25BrN2O3. The average Bonchev–Trinajstić information content (AvgIpc) is 2.80. The number of amides is 1. The van der Waals surface area contributed by atoms with E-state index in [-0.39, 0.29) is 5.91 Å². The van der Waals surface area contributed by atoms with Gasteiger partial charge >= 0.3 is 0 Å². The van der Waals surface area contributed by atoms with Crippen molar-refractivity contribution in [3.05, 3.63) is 94.0 Å². The van der Waals surface area contributed by atoms with Crippen molar-refractivity contribution in [2.45, 2.75) is 13.2 Å². The number of halogens is 1. The van der Waals surface area contributed by atoms with Crippen LogP contribution in [0.1, 0.15) is 21.5 Å². The topological polar surface area (TPSA) is 50.8 Å². The van der Waals surface area contributed by atoms with Crippen molar-refractivity contribution < 1.29 is 14.3 Å². The van der Waals surface area contributed by atoms with Crippen molar-refractivity contribution >= 4 is 27.5 Å². The number of nitrogens with one attached hydrogen (secondary N) is 1. The fraction of sp³-hybridized carbons (Fsp3) is 0.240. The third kappa shape index (κ3) is 6.40. The molecule has 0 atom stereocenters. The molecule has 1 fully saturated rings. The van der Waals surface area contributed by atoms with Crippen molar-refractivity contribution in [3.8, 4) is 5.75 Å². The molecule has 0 spiro atoms. The highest BCUT2D eigenvalue weighted by Gasteiger charge is 2.12. The second-order valence-electron chi connectivity index (χ2n) is 7.48. The molecule has 0 saturated carbocycles. The summed E-state index contributed by atoms with van der Waals surface area (Å²) < 4.78 is 12.2. The Morgan fingerprint density at radius 1 is 0.968 bits per heavy atom. The molecule has 160 valence electrons. The van der Waals surface area contributed by atoms with Gasteiger partial charge in [0.15, 0.2) is 0 Å². The van der Waals surface area contributed by atoms with Crippen LogP contribution >= 0.6 is 15.9 Å². The SMILES string of the molecule is O=C(Nc1cccc(CN2CCOCC2)c1)c1ccc(COc2ccc(Br)cc2)cc1. The van der Waals surface area contributed by atoms with Gasteiger partial charge in [-0.1, -0.05) is 40.2 Å². The van der Waals surface area contributed by atoms with Gasteiger partial charge in [0, 0.05) is 35.4 Å². The van der Waals surface area contributed by atoms with Crippen LogP contribution in [0.4, 0.5) is 5.69 Å². The average molecular weight is 481 g/mol. The number of nitrogens with zero attached hydrogens (tertiary/aromatic N) is 1. The van der Waals surface area contributed by atoms with Gasteiger partial charge in [0.1, 0.15) is 12.4 Å². The number of carbonyl (C=O) groups is 1. The first-order valence-corrected chi connectivity index (χ1v) is 11.1. The van der Waals surface area contributed by atoms with E-state index in [0.717, 1.165) is 54.3 Å². The summed E-state index contributed by atoms with van der Waals surface area (Å²) in [7, 11) is 0. The highest BCUT2D eigenvalue weighted by Crippen LogP contribution is 2.18. The normalized spacial score (nSPS) is 14.2. The predicted octanol–water partition coefficient (Wildman–Crippen LogP) is 5.11. The molecule has 5 nitrogen and oxygen atoms in total. The highest BCUT2D eigenvalue weighted by atomic mass is 79.9. The second-order valence-corrected chi connectivity index (χ2v) is 8.40. The smallest absolute Gasteiger partial charge is 0.255 e. The third-order valence-corrected chi connectivity index (χ3v) is 5.66. The minimum Gasteiger partial charge on any atom is -0.489 e. The number of morpholine rings is 1. The van der Waals surface area contributed by atoms with E-state index in [2.05, 4.69) is 32.2 Å². The third-order valence-electron chi connectivity index (χ3n) is 5.13. The van der Waals surface area contributed by atoms with Crippen LogP contribution in [-0.4, -0.2) is 37.1 Å². The zero-order valence-corrected chi connectivity index (χ0v) is 18.8. The van der Waals surface area contributed by atoms with Crippen LogP contribution < -0.4 is 10.1 Å². The molecule has 0 unspecified atom stereocenters. The molecule has 1 aliphatic rings. The van der Waals surface area contributed by atoms with Gasteiger partial charge in [-0.2, -0.15) is 0 Å². The lowest BCUT2D eigenvalue weighted by Gasteiger charge is -2.26. The summed E-state index contributed by atoms with van der Waals surface area (Å²) in [6, 6.07) is 23.2. The van der Waals surface area contributed by atoms with Crippen LogP contribution in [0.3, 0.4) is 0 Å². The minimum atomic E-state index is -0.121. The molecule has 1 amide bonds. The predicted molar refractivity (Wildman–Crippen MR) is 125 cm³/mol. The summed E-state index contributed by atoms with van der Waals surface area (Å²) in [6.07, 6.45) is 0. The maximum absolute atomic E-state index is 12.7. The van der Waals surface area contributed by atoms with E-state index in [1.165, 1.54) is 5.56 Å². The largest absolute Gasteiger partial charge is 0.489 e. The van der Waals surface area contributed by atoms with Crippen molar-refractivity contribution in [1.82, 2.24) is 4.90 Å². The second kappa shape index (κ2) is 10.6. The number of benzene rings is 3. The number of ether oxygens (including phenoxy) is 2. The van der Waals surface area contributed by atoms with Gasteiger partial charge in [-0.05, 0) is 59.7 Å². The van der Waals surface area contributed by atoms with Crippen molar-refractivity contribution in [2.24, 2.45) is 0 Å². The first kappa shape index (κ1) is 21.6. The maximum Gasteiger partial charge on any atom is 0.255 e. The summed E-state index contributed by atoms with van der Waals surface area (Å²) >= 11 is 3.41. The van der Waals surface area contributed by atoms with Crippen LogP contribution in [0.5, 0.6) is 5.75 Å². The molecule has 0 aromatic heterocycles. The fourth-order valence-corrected chi connectivity index (χ4v) is 3.68. The van der Waals surface area contributed by atoms with Gasteiger partial charge in [-0.3, -0.25) is 9.69 Å². The standard InChI is InChI=1S/C25H25BrN2O3/c26-22-8-10-24(11-9-22)31-18-19-4-6-21(7-5-19)25(29)27-23-3-1-2-20(16-23)17-28-12-14-30-15-13-28/h1-11,16H,12-15,17-18H2,(H,27,29). The van der Waals surface area contributed by atoms with Gasteiger partial charge in [-0.15, -0.1) is 0 Å². The molecule has 0 radical (unpaired) electrons. The van der Waals surface area contributed by atoms with Gasteiger partial charge in [0.2, 0.25) is 0 Å². The first-order chi connectivity index (χ1) is 15.2. The number of hydrogen-bond donors (Lipinski definition) is 1. The Labute approximate surface area is 191 Å². The summed E-state index contributed by atoms with van der Waals surface area (Å²) in [6.45, 7) is 4.75. The van der Waals surface area contributed by atoms with E-state index in [9.17, 15) is 4.79 Å². The Morgan fingerprint density at radius 3 is 2.45 bits per heavy atom. The van der Waals surface area contributed by atoms with Gasteiger partial charge < -0.3 is 14.8 Å². The Kier molecular flexibility index (Phi) is 7.35. The van der Waals surface area contributed by atoms with E-state index in [4.69, 9.17) is 9.47 Å². The zero-order valence-electron chi connectivity index (χ0n) is 17.2. The lowest BCUT2D eigenvalue weighted by Crippen LogP contribution is -2.35. The minimum absolute atomic E-state index is 0.121. The molecule has 1 heterocycles. The van der Waals surface area contributed by atoms with E-state index < -0.39 is 0 Å². The maximum atomic E-state index is 12.7. The van der Waals surface area contributed by atoms with E-state index in [1.807, 2.05) is 66.7 Å². The molecule has 1 saturated heterocycles. The Bertz CT molecular complexity index is 1000. The van der Waals surface area contributed by atoms with Crippen LogP contribution in [0.25, 0.3) is 0 Å². The van der Waals surface area contributed by atoms with Crippen molar-refractivity contribution in [3.63, 3.8) is 0 Å². The molecule has 1 N–H and O–H groups in total. The Hall–Kier alpha value is -2.67. The molecule has 3 aromatic rings. The van der Waals surface area contributed by atoms with Crippen LogP contribution in [-0.2, 0) is 17.9 Å². The summed E-state index contributed by atoms with van der Waals surface area (Å²) in [5.41, 5.74) is 3.61. The van der Waals surface area contributed by atoms with Gasteiger partial charge in [0.25, 0.3) is 5.91 Å². The molecule has 4 rings (SSSR count). The number of carbonyl (C=O) groups excluding carboxylic acids is 1.